The fourth-order valence-corrected chi connectivity index (χ4v) is 1.05. The van der Waals surface area contributed by atoms with Crippen molar-refractivity contribution in [3.8, 4) is 0 Å². The molecule has 0 rings (SSSR count). The molecule has 0 aromatic heterocycles. The van der Waals surface area contributed by atoms with Gasteiger partial charge in [0.05, 0.1) is 7.11 Å². The van der Waals surface area contributed by atoms with Crippen LogP contribution in [0.25, 0.3) is 0 Å². The predicted molar refractivity (Wildman–Crippen MR) is 55.1 cm³/mol. The van der Waals surface area contributed by atoms with Gasteiger partial charge in [-0.2, -0.15) is 0 Å². The molecule has 0 amide bonds. The number of methoxy groups -OCH3 is 1. The molecule has 0 aliphatic carbocycles. The Morgan fingerprint density at radius 1 is 1.15 bits per heavy atom. The number of ether oxygens (including phenoxy) is 1. The maximum atomic E-state index is 7.14. The van der Waals surface area contributed by atoms with Gasteiger partial charge in [0.15, 0.2) is 0 Å². The van der Waals surface area contributed by atoms with Gasteiger partial charge < -0.3 is 15.4 Å². The quantitative estimate of drug-likeness (QED) is 0.316. The van der Waals surface area contributed by atoms with Crippen molar-refractivity contribution >= 4 is 6.02 Å². The summed E-state index contributed by atoms with van der Waals surface area (Å²) >= 11 is 0. The number of amidine groups is 1. The van der Waals surface area contributed by atoms with E-state index in [1.165, 1.54) is 26.4 Å². The summed E-state index contributed by atoms with van der Waals surface area (Å²) in [5.41, 5.74) is 0. The molecule has 3 N–H and O–H groups in total. The third-order valence-electron chi connectivity index (χ3n) is 1.84. The van der Waals surface area contributed by atoms with Crippen LogP contribution in [0.5, 0.6) is 0 Å². The fraction of sp³-hybridized carbons (Fsp3) is 0.889. The Labute approximate surface area is 80.6 Å². The molecule has 0 spiro atoms. The zero-order chi connectivity index (χ0) is 9.94. The molecule has 4 nitrogen and oxygen atoms in total. The van der Waals surface area contributed by atoms with Gasteiger partial charge >= 0.3 is 0 Å². The fourth-order valence-electron chi connectivity index (χ4n) is 1.05. The molecule has 13 heavy (non-hydrogen) atoms. The van der Waals surface area contributed by atoms with E-state index in [0.717, 1.165) is 19.5 Å². The number of hydrogen-bond acceptors (Lipinski definition) is 3. The maximum Gasteiger partial charge on any atom is 0.281 e. The molecule has 0 bridgehead atoms. The van der Waals surface area contributed by atoms with Gasteiger partial charge in [-0.3, -0.25) is 5.41 Å². The predicted octanol–water partition coefficient (Wildman–Crippen LogP) is 0.937. The number of rotatable bonds is 7. The number of hydrogen-bond donors (Lipinski definition) is 3. The first-order chi connectivity index (χ1) is 6.31. The molecule has 0 radical (unpaired) electrons. The monoisotopic (exact) mass is 187 g/mol. The molecule has 4 heteroatoms. The average molecular weight is 187 g/mol. The van der Waals surface area contributed by atoms with Gasteiger partial charge in [-0.05, 0) is 26.4 Å². The second kappa shape index (κ2) is 9.32. The minimum absolute atomic E-state index is 0.162. The molecule has 0 unspecified atom stereocenters. The SMILES string of the molecule is CNCCCCCCNC(=N)OC. The van der Waals surface area contributed by atoms with Crippen molar-refractivity contribution in [1.29, 1.82) is 5.41 Å². The first-order valence-electron chi connectivity index (χ1n) is 4.82. The van der Waals surface area contributed by atoms with Crippen LogP contribution in [0.15, 0.2) is 0 Å². The third kappa shape index (κ3) is 9.14. The van der Waals surface area contributed by atoms with Crippen molar-refractivity contribution in [1.82, 2.24) is 10.6 Å². The van der Waals surface area contributed by atoms with Crippen LogP contribution in [0.4, 0.5) is 0 Å². The van der Waals surface area contributed by atoms with Crippen LogP contribution in [0.3, 0.4) is 0 Å². The van der Waals surface area contributed by atoms with E-state index in [2.05, 4.69) is 15.4 Å². The van der Waals surface area contributed by atoms with Gasteiger partial charge in [0, 0.05) is 6.54 Å². The lowest BCUT2D eigenvalue weighted by atomic mass is 10.2. The van der Waals surface area contributed by atoms with Crippen molar-refractivity contribution < 1.29 is 4.74 Å². The van der Waals surface area contributed by atoms with E-state index in [9.17, 15) is 0 Å². The average Bonchev–Trinajstić information content (AvgIpc) is 2.16. The first-order valence-corrected chi connectivity index (χ1v) is 4.82. The van der Waals surface area contributed by atoms with E-state index in [1.54, 1.807) is 0 Å². The molecular weight excluding hydrogens is 166 g/mol. The summed E-state index contributed by atoms with van der Waals surface area (Å²) in [7, 11) is 3.48. The minimum atomic E-state index is 0.162. The summed E-state index contributed by atoms with van der Waals surface area (Å²) in [5.74, 6) is 0. The molecule has 0 heterocycles. The zero-order valence-corrected chi connectivity index (χ0v) is 8.65. The summed E-state index contributed by atoms with van der Waals surface area (Å²) in [6.45, 7) is 1.94. The van der Waals surface area contributed by atoms with E-state index in [4.69, 9.17) is 5.41 Å². The van der Waals surface area contributed by atoms with Crippen LogP contribution in [0.1, 0.15) is 25.7 Å². The molecule has 0 aliphatic rings. The highest BCUT2D eigenvalue weighted by Crippen LogP contribution is 1.97. The van der Waals surface area contributed by atoms with Crippen molar-refractivity contribution in [3.05, 3.63) is 0 Å². The second-order valence-corrected chi connectivity index (χ2v) is 2.98. The van der Waals surface area contributed by atoms with Crippen molar-refractivity contribution in [2.45, 2.75) is 25.7 Å². The van der Waals surface area contributed by atoms with E-state index >= 15 is 0 Å². The molecule has 0 aromatic rings. The van der Waals surface area contributed by atoms with Gasteiger partial charge in [-0.15, -0.1) is 0 Å². The summed E-state index contributed by atoms with van der Waals surface area (Å²) in [6, 6.07) is 0.162. The lowest BCUT2D eigenvalue weighted by Crippen LogP contribution is -2.24. The third-order valence-corrected chi connectivity index (χ3v) is 1.84. The first kappa shape index (κ1) is 12.2. The van der Waals surface area contributed by atoms with Gasteiger partial charge in [0.1, 0.15) is 0 Å². The van der Waals surface area contributed by atoms with Gasteiger partial charge in [0.25, 0.3) is 6.02 Å². The number of unbranched alkanes of at least 4 members (excludes halogenated alkanes) is 3. The van der Waals surface area contributed by atoms with Gasteiger partial charge in [0.2, 0.25) is 0 Å². The van der Waals surface area contributed by atoms with Crippen LogP contribution < -0.4 is 10.6 Å². The van der Waals surface area contributed by atoms with Crippen LogP contribution >= 0.6 is 0 Å². The Balaban J connectivity index is 2.95. The lowest BCUT2D eigenvalue weighted by Gasteiger charge is -2.05. The molecule has 0 saturated heterocycles. The molecule has 0 saturated carbocycles. The lowest BCUT2D eigenvalue weighted by molar-refractivity contribution is 0.375. The highest BCUT2D eigenvalue weighted by Gasteiger charge is 1.92. The standard InChI is InChI=1S/C9H21N3O/c1-11-7-5-3-4-6-8-12-9(10)13-2/h11H,3-8H2,1-2H3,(H2,10,12). The molecule has 0 aliphatic heterocycles. The summed E-state index contributed by atoms with van der Waals surface area (Å²) in [4.78, 5) is 0. The van der Waals surface area contributed by atoms with E-state index in [-0.39, 0.29) is 6.02 Å². The van der Waals surface area contributed by atoms with E-state index < -0.39 is 0 Å². The van der Waals surface area contributed by atoms with Crippen molar-refractivity contribution in [2.24, 2.45) is 0 Å². The Kier molecular flexibility index (Phi) is 8.77. The molecule has 0 fully saturated rings. The van der Waals surface area contributed by atoms with Crippen molar-refractivity contribution in [3.63, 3.8) is 0 Å². The largest absolute Gasteiger partial charge is 0.469 e. The highest BCUT2D eigenvalue weighted by molar-refractivity contribution is 5.69. The zero-order valence-electron chi connectivity index (χ0n) is 8.65. The summed E-state index contributed by atoms with van der Waals surface area (Å²) < 4.78 is 4.66. The number of nitrogens with one attached hydrogen (secondary N) is 3. The smallest absolute Gasteiger partial charge is 0.281 e. The molecule has 0 aromatic carbocycles. The molecule has 0 atom stereocenters. The Morgan fingerprint density at radius 3 is 2.31 bits per heavy atom. The Hall–Kier alpha value is -0.770. The topological polar surface area (TPSA) is 57.1 Å². The van der Waals surface area contributed by atoms with Crippen LogP contribution in [0.2, 0.25) is 0 Å². The second-order valence-electron chi connectivity index (χ2n) is 2.98. The van der Waals surface area contributed by atoms with E-state index in [1.807, 2.05) is 7.05 Å². The Morgan fingerprint density at radius 2 is 1.77 bits per heavy atom. The van der Waals surface area contributed by atoms with E-state index in [0.29, 0.717) is 0 Å². The maximum absolute atomic E-state index is 7.14. The van der Waals surface area contributed by atoms with Crippen LogP contribution in [0, 0.1) is 5.41 Å². The van der Waals surface area contributed by atoms with Gasteiger partial charge in [-0.1, -0.05) is 12.8 Å². The van der Waals surface area contributed by atoms with Gasteiger partial charge in [-0.25, -0.2) is 0 Å². The summed E-state index contributed by atoms with van der Waals surface area (Å²) in [6.07, 6.45) is 4.81. The normalized spacial score (nSPS) is 9.69. The van der Waals surface area contributed by atoms with Crippen LogP contribution in [-0.2, 0) is 4.74 Å². The Bertz CT molecular complexity index is 128. The van der Waals surface area contributed by atoms with Crippen molar-refractivity contribution in [2.75, 3.05) is 27.2 Å². The summed E-state index contributed by atoms with van der Waals surface area (Å²) in [5, 5.41) is 13.1. The van der Waals surface area contributed by atoms with Crippen LogP contribution in [-0.4, -0.2) is 33.3 Å². The molecular formula is C9H21N3O. The minimum Gasteiger partial charge on any atom is -0.469 e. The molecule has 78 valence electrons. The highest BCUT2D eigenvalue weighted by atomic mass is 16.5.